The number of rotatable bonds is 8. The van der Waals surface area contributed by atoms with Crippen molar-refractivity contribution in [3.05, 3.63) is 65.5 Å². The van der Waals surface area contributed by atoms with Crippen LogP contribution < -0.4 is 4.90 Å². The van der Waals surface area contributed by atoms with Gasteiger partial charge in [0.05, 0.1) is 23.9 Å². The Balaban J connectivity index is 1.52. The van der Waals surface area contributed by atoms with E-state index in [4.69, 9.17) is 10.2 Å². The number of nitriles is 1. The average Bonchev–Trinajstić information content (AvgIpc) is 3.51. The lowest BCUT2D eigenvalue weighted by molar-refractivity contribution is -0.116. The lowest BCUT2D eigenvalue weighted by atomic mass is 10.1. The number of carbonyl (C=O) groups excluding carboxylic acids is 1. The van der Waals surface area contributed by atoms with Crippen molar-refractivity contribution in [2.45, 2.75) is 44.2 Å². The first-order chi connectivity index (χ1) is 15.0. The summed E-state index contributed by atoms with van der Waals surface area (Å²) in [6.45, 7) is 4.40. The number of aromatic nitrogens is 3. The normalized spacial score (nSPS) is 13.1. The van der Waals surface area contributed by atoms with Crippen LogP contribution in [0.4, 0.5) is 5.69 Å². The van der Waals surface area contributed by atoms with Crippen LogP contribution in [0.15, 0.2) is 53.7 Å². The zero-order valence-corrected chi connectivity index (χ0v) is 18.6. The van der Waals surface area contributed by atoms with Crippen molar-refractivity contribution >= 4 is 23.4 Å². The van der Waals surface area contributed by atoms with Crippen LogP contribution in [0.2, 0.25) is 0 Å². The Bertz CT molecular complexity index is 1090. The standard InChI is InChI=1S/C24H25N5OS/c1-17-13-18(2)15-21(14-17)28(12-6-11-25)22(30)16-31-24-26-23(19-9-10-19)29(27-24)20-7-4-3-5-8-20/h3-5,7-8,13-15,19H,6,9-10,12,16H2,1-2H3. The number of nitrogens with zero attached hydrogens (tertiary/aromatic N) is 5. The molecule has 1 aliphatic carbocycles. The Morgan fingerprint density at radius 2 is 1.90 bits per heavy atom. The highest BCUT2D eigenvalue weighted by Crippen LogP contribution is 2.40. The molecule has 0 N–H and O–H groups in total. The number of aryl methyl sites for hydroxylation is 2. The van der Waals surface area contributed by atoms with Gasteiger partial charge in [0.15, 0.2) is 0 Å². The third-order valence-electron chi connectivity index (χ3n) is 5.15. The van der Waals surface area contributed by atoms with Crippen molar-refractivity contribution in [2.24, 2.45) is 0 Å². The fraction of sp³-hybridized carbons (Fsp3) is 0.333. The maximum absolute atomic E-state index is 13.1. The topological polar surface area (TPSA) is 74.8 Å². The highest BCUT2D eigenvalue weighted by Gasteiger charge is 2.30. The Morgan fingerprint density at radius 3 is 2.55 bits per heavy atom. The predicted octanol–water partition coefficient (Wildman–Crippen LogP) is 4.80. The molecular weight excluding hydrogens is 406 g/mol. The number of benzene rings is 2. The number of anilines is 1. The van der Waals surface area contributed by atoms with Gasteiger partial charge in [0.2, 0.25) is 11.1 Å². The van der Waals surface area contributed by atoms with Crippen LogP contribution in [0.5, 0.6) is 0 Å². The third kappa shape index (κ3) is 5.15. The molecule has 6 nitrogen and oxygen atoms in total. The minimum atomic E-state index is -0.0470. The number of amides is 1. The minimum absolute atomic E-state index is 0.0470. The van der Waals surface area contributed by atoms with Crippen LogP contribution in [-0.4, -0.2) is 33.0 Å². The maximum atomic E-state index is 13.1. The maximum Gasteiger partial charge on any atom is 0.237 e. The molecule has 7 heteroatoms. The first-order valence-electron chi connectivity index (χ1n) is 10.5. The zero-order chi connectivity index (χ0) is 21.8. The number of hydrogen-bond acceptors (Lipinski definition) is 5. The molecule has 2 aromatic carbocycles. The molecule has 0 unspecified atom stereocenters. The molecule has 1 amide bonds. The minimum Gasteiger partial charge on any atom is -0.311 e. The van der Waals surface area contributed by atoms with E-state index >= 15 is 0 Å². The first-order valence-corrected chi connectivity index (χ1v) is 11.4. The Labute approximate surface area is 186 Å². The van der Waals surface area contributed by atoms with E-state index in [1.54, 1.807) is 4.90 Å². The summed E-state index contributed by atoms with van der Waals surface area (Å²) in [5.41, 5.74) is 4.00. The second kappa shape index (κ2) is 9.36. The van der Waals surface area contributed by atoms with Crippen molar-refractivity contribution < 1.29 is 4.79 Å². The third-order valence-corrected chi connectivity index (χ3v) is 5.97. The van der Waals surface area contributed by atoms with Crippen molar-refractivity contribution in [3.63, 3.8) is 0 Å². The highest BCUT2D eigenvalue weighted by atomic mass is 32.2. The quantitative estimate of drug-likeness (QED) is 0.479. The Morgan fingerprint density at radius 1 is 1.19 bits per heavy atom. The van der Waals surface area contributed by atoms with E-state index in [2.05, 4.69) is 17.2 Å². The average molecular weight is 432 g/mol. The molecule has 3 aromatic rings. The van der Waals surface area contributed by atoms with E-state index in [1.807, 2.05) is 61.0 Å². The molecule has 0 atom stereocenters. The van der Waals surface area contributed by atoms with E-state index in [0.717, 1.165) is 41.2 Å². The van der Waals surface area contributed by atoms with Gasteiger partial charge in [-0.05, 0) is 62.1 Å². The molecule has 0 saturated heterocycles. The Kier molecular flexibility index (Phi) is 6.38. The second-order valence-corrected chi connectivity index (χ2v) is 8.80. The predicted molar refractivity (Wildman–Crippen MR) is 123 cm³/mol. The molecule has 1 fully saturated rings. The molecule has 1 aromatic heterocycles. The summed E-state index contributed by atoms with van der Waals surface area (Å²) in [7, 11) is 0. The molecule has 0 bridgehead atoms. The van der Waals surface area contributed by atoms with E-state index in [-0.39, 0.29) is 18.1 Å². The van der Waals surface area contributed by atoms with Gasteiger partial charge in [-0.15, -0.1) is 5.10 Å². The molecular formula is C24H25N5OS. The fourth-order valence-corrected chi connectivity index (χ4v) is 4.31. The van der Waals surface area contributed by atoms with Crippen molar-refractivity contribution in [1.29, 1.82) is 5.26 Å². The monoisotopic (exact) mass is 431 g/mol. The van der Waals surface area contributed by atoms with E-state index in [1.165, 1.54) is 11.8 Å². The van der Waals surface area contributed by atoms with Gasteiger partial charge in [-0.3, -0.25) is 4.79 Å². The van der Waals surface area contributed by atoms with Gasteiger partial charge in [0.25, 0.3) is 0 Å². The van der Waals surface area contributed by atoms with Crippen molar-refractivity contribution in [2.75, 3.05) is 17.2 Å². The molecule has 1 heterocycles. The molecule has 1 aliphatic rings. The van der Waals surface area contributed by atoms with Gasteiger partial charge < -0.3 is 4.90 Å². The zero-order valence-electron chi connectivity index (χ0n) is 17.8. The molecule has 1 saturated carbocycles. The summed E-state index contributed by atoms with van der Waals surface area (Å²) in [5, 5.41) is 14.3. The molecule has 0 radical (unpaired) electrons. The largest absolute Gasteiger partial charge is 0.311 e. The lowest BCUT2D eigenvalue weighted by Crippen LogP contribution is -2.33. The smallest absolute Gasteiger partial charge is 0.237 e. The van der Waals surface area contributed by atoms with Crippen LogP contribution in [0.1, 0.15) is 42.1 Å². The van der Waals surface area contributed by atoms with Crippen LogP contribution >= 0.6 is 11.8 Å². The summed E-state index contributed by atoms with van der Waals surface area (Å²) < 4.78 is 1.90. The van der Waals surface area contributed by atoms with E-state index in [9.17, 15) is 4.79 Å². The summed E-state index contributed by atoms with van der Waals surface area (Å²) in [4.78, 5) is 19.5. The summed E-state index contributed by atoms with van der Waals surface area (Å²) >= 11 is 1.35. The van der Waals surface area contributed by atoms with Crippen molar-refractivity contribution in [1.82, 2.24) is 14.8 Å². The molecule has 4 rings (SSSR count). The van der Waals surface area contributed by atoms with Crippen LogP contribution in [-0.2, 0) is 4.79 Å². The van der Waals surface area contributed by atoms with Crippen LogP contribution in [0.3, 0.4) is 0 Å². The molecule has 0 aliphatic heterocycles. The summed E-state index contributed by atoms with van der Waals surface area (Å²) in [6.07, 6.45) is 2.54. The fourth-order valence-electron chi connectivity index (χ4n) is 3.60. The van der Waals surface area contributed by atoms with Gasteiger partial charge in [0, 0.05) is 18.2 Å². The Hall–Kier alpha value is -3.11. The van der Waals surface area contributed by atoms with Gasteiger partial charge in [0.1, 0.15) is 5.82 Å². The lowest BCUT2D eigenvalue weighted by Gasteiger charge is -2.22. The molecule has 0 spiro atoms. The summed E-state index contributed by atoms with van der Waals surface area (Å²) in [5.74, 6) is 1.59. The number of hydrogen-bond donors (Lipinski definition) is 0. The van der Waals surface area contributed by atoms with Gasteiger partial charge in [-0.2, -0.15) is 5.26 Å². The van der Waals surface area contributed by atoms with Crippen molar-refractivity contribution in [3.8, 4) is 11.8 Å². The SMILES string of the molecule is Cc1cc(C)cc(N(CCC#N)C(=O)CSc2nc(C3CC3)n(-c3ccccc3)n2)c1. The number of thioether (sulfide) groups is 1. The summed E-state index contributed by atoms with van der Waals surface area (Å²) in [6, 6.07) is 18.2. The van der Waals surface area contributed by atoms with Gasteiger partial charge >= 0.3 is 0 Å². The van der Waals surface area contributed by atoms with E-state index in [0.29, 0.717) is 17.6 Å². The molecule has 158 valence electrons. The first kappa shape index (κ1) is 21.1. The number of para-hydroxylation sites is 1. The van der Waals surface area contributed by atoms with Crippen LogP contribution in [0.25, 0.3) is 5.69 Å². The van der Waals surface area contributed by atoms with Gasteiger partial charge in [-0.25, -0.2) is 9.67 Å². The number of carbonyl (C=O) groups is 1. The van der Waals surface area contributed by atoms with E-state index < -0.39 is 0 Å². The van der Waals surface area contributed by atoms with Gasteiger partial charge in [-0.1, -0.05) is 36.0 Å². The highest BCUT2D eigenvalue weighted by molar-refractivity contribution is 7.99. The second-order valence-electron chi connectivity index (χ2n) is 7.86. The molecule has 31 heavy (non-hydrogen) atoms. The van der Waals surface area contributed by atoms with Crippen LogP contribution in [0, 0.1) is 25.2 Å².